The van der Waals surface area contributed by atoms with Crippen molar-refractivity contribution in [3.63, 3.8) is 0 Å². The molecule has 1 heterocycles. The first-order chi connectivity index (χ1) is 12.8. The average Bonchev–Trinajstić information content (AvgIpc) is 2.98. The fourth-order valence-corrected chi connectivity index (χ4v) is 3.53. The van der Waals surface area contributed by atoms with Crippen molar-refractivity contribution in [2.75, 3.05) is 23.9 Å². The van der Waals surface area contributed by atoms with Crippen LogP contribution in [-0.2, 0) is 9.53 Å². The van der Waals surface area contributed by atoms with Gasteiger partial charge in [0.25, 0.3) is 0 Å². The van der Waals surface area contributed by atoms with E-state index in [0.29, 0.717) is 23.5 Å². The Bertz CT molecular complexity index is 827. The van der Waals surface area contributed by atoms with Crippen LogP contribution in [0.4, 0.5) is 16.2 Å². The Balaban J connectivity index is 1.87. The summed E-state index contributed by atoms with van der Waals surface area (Å²) in [6.07, 6.45) is -0.142. The number of benzene rings is 1. The van der Waals surface area contributed by atoms with Crippen LogP contribution in [-0.4, -0.2) is 31.4 Å². The molecule has 0 spiro atoms. The van der Waals surface area contributed by atoms with Crippen molar-refractivity contribution in [2.24, 2.45) is 0 Å². The minimum absolute atomic E-state index is 0.0154. The molecule has 7 heteroatoms. The third-order valence-electron chi connectivity index (χ3n) is 4.00. The summed E-state index contributed by atoms with van der Waals surface area (Å²) in [6, 6.07) is 8.72. The lowest BCUT2D eigenvalue weighted by atomic mass is 10.1. The molecule has 0 atom stereocenters. The Labute approximate surface area is 163 Å². The molecule has 0 aliphatic heterocycles. The summed E-state index contributed by atoms with van der Waals surface area (Å²) >= 11 is 1.58. The summed E-state index contributed by atoms with van der Waals surface area (Å²) in [6.45, 7) is 5.93. The maximum atomic E-state index is 12.2. The van der Waals surface area contributed by atoms with Gasteiger partial charge in [-0.05, 0) is 51.1 Å². The molecule has 2 rings (SSSR count). The van der Waals surface area contributed by atoms with Crippen molar-refractivity contribution in [3.05, 3.63) is 45.6 Å². The van der Waals surface area contributed by atoms with Crippen LogP contribution in [0.2, 0.25) is 0 Å². The fourth-order valence-electron chi connectivity index (χ4n) is 2.59. The van der Waals surface area contributed by atoms with Crippen LogP contribution in [0.5, 0.6) is 0 Å². The predicted molar refractivity (Wildman–Crippen MR) is 108 cm³/mol. The molecule has 0 aliphatic carbocycles. The number of aryl methyl sites for hydroxylation is 2. The van der Waals surface area contributed by atoms with E-state index in [-0.39, 0.29) is 24.5 Å². The van der Waals surface area contributed by atoms with Gasteiger partial charge in [0.05, 0.1) is 6.61 Å². The van der Waals surface area contributed by atoms with Gasteiger partial charge in [0, 0.05) is 46.6 Å². The molecule has 0 aliphatic rings. The zero-order valence-corrected chi connectivity index (χ0v) is 16.8. The molecule has 0 radical (unpaired) electrons. The molecule has 2 aromatic rings. The number of anilines is 2. The summed E-state index contributed by atoms with van der Waals surface area (Å²) in [5.74, 6) is -0.238. The number of amides is 2. The van der Waals surface area contributed by atoms with Crippen LogP contribution in [0, 0.1) is 13.8 Å². The first-order valence-corrected chi connectivity index (χ1v) is 9.54. The van der Waals surface area contributed by atoms with Crippen LogP contribution >= 0.6 is 11.3 Å². The fraction of sp³-hybridized carbons (Fsp3) is 0.350. The van der Waals surface area contributed by atoms with Crippen LogP contribution in [0.25, 0.3) is 0 Å². The lowest BCUT2D eigenvalue weighted by molar-refractivity contribution is -0.116. The van der Waals surface area contributed by atoms with Crippen molar-refractivity contribution in [1.29, 1.82) is 0 Å². The highest BCUT2D eigenvalue weighted by atomic mass is 32.1. The molecule has 1 aromatic heterocycles. The molecule has 1 aromatic carbocycles. The van der Waals surface area contributed by atoms with Gasteiger partial charge in [-0.1, -0.05) is 0 Å². The Morgan fingerprint density at radius 1 is 1.11 bits per heavy atom. The van der Waals surface area contributed by atoms with Gasteiger partial charge in [-0.3, -0.25) is 14.5 Å². The Morgan fingerprint density at radius 2 is 1.78 bits per heavy atom. The molecule has 0 unspecified atom stereocenters. The minimum atomic E-state index is -0.438. The number of ketones is 1. The second kappa shape index (κ2) is 9.32. The van der Waals surface area contributed by atoms with E-state index in [1.165, 1.54) is 4.90 Å². The second-order valence-electron chi connectivity index (χ2n) is 6.10. The minimum Gasteiger partial charge on any atom is -0.449 e. The topological polar surface area (TPSA) is 75.7 Å². The molecule has 0 bridgehead atoms. The zero-order chi connectivity index (χ0) is 20.0. The molecule has 144 valence electrons. The quantitative estimate of drug-likeness (QED) is 0.706. The van der Waals surface area contributed by atoms with Crippen molar-refractivity contribution in [3.8, 4) is 0 Å². The molecular weight excluding hydrogens is 364 g/mol. The Hall–Kier alpha value is -2.67. The maximum absolute atomic E-state index is 12.2. The van der Waals surface area contributed by atoms with Gasteiger partial charge >= 0.3 is 6.09 Å². The summed E-state index contributed by atoms with van der Waals surface area (Å²) in [7, 11) is 1.62. The predicted octanol–water partition coefficient (Wildman–Crippen LogP) is 4.56. The highest BCUT2D eigenvalue weighted by Crippen LogP contribution is 2.22. The number of nitrogens with zero attached hydrogens (tertiary/aromatic N) is 1. The third kappa shape index (κ3) is 5.65. The van der Waals surface area contributed by atoms with Gasteiger partial charge in [0.1, 0.15) is 0 Å². The molecule has 27 heavy (non-hydrogen) atoms. The van der Waals surface area contributed by atoms with Gasteiger partial charge in [0.2, 0.25) is 5.91 Å². The number of carbonyl (C=O) groups is 3. The van der Waals surface area contributed by atoms with Crippen LogP contribution in [0.3, 0.4) is 0 Å². The molecule has 0 saturated heterocycles. The highest BCUT2D eigenvalue weighted by molar-refractivity contribution is 7.12. The van der Waals surface area contributed by atoms with E-state index < -0.39 is 6.09 Å². The molecule has 0 saturated carbocycles. The summed E-state index contributed by atoms with van der Waals surface area (Å²) in [5.41, 5.74) is 1.97. The number of hydrogen-bond acceptors (Lipinski definition) is 5. The lowest BCUT2D eigenvalue weighted by Crippen LogP contribution is -2.26. The Kier molecular flexibility index (Phi) is 7.12. The van der Waals surface area contributed by atoms with Crippen molar-refractivity contribution in [1.82, 2.24) is 0 Å². The summed E-state index contributed by atoms with van der Waals surface area (Å²) in [4.78, 5) is 39.5. The zero-order valence-electron chi connectivity index (χ0n) is 16.0. The highest BCUT2D eigenvalue weighted by Gasteiger charge is 2.14. The van der Waals surface area contributed by atoms with Gasteiger partial charge < -0.3 is 10.1 Å². The van der Waals surface area contributed by atoms with E-state index in [1.54, 1.807) is 49.6 Å². The van der Waals surface area contributed by atoms with E-state index in [1.807, 2.05) is 19.9 Å². The Morgan fingerprint density at radius 3 is 2.33 bits per heavy atom. The lowest BCUT2D eigenvalue weighted by Gasteiger charge is -2.16. The number of Topliss-reactive ketones (excluding diaryl/α,β-unsaturated/α-hetero) is 1. The van der Waals surface area contributed by atoms with Gasteiger partial charge in [-0.25, -0.2) is 4.79 Å². The number of rotatable bonds is 7. The summed E-state index contributed by atoms with van der Waals surface area (Å²) < 4.78 is 4.94. The van der Waals surface area contributed by atoms with E-state index in [4.69, 9.17) is 4.74 Å². The van der Waals surface area contributed by atoms with Gasteiger partial charge in [-0.2, -0.15) is 0 Å². The molecule has 0 fully saturated rings. The summed E-state index contributed by atoms with van der Waals surface area (Å²) in [5, 5.41) is 2.77. The standard InChI is InChI=1S/C20H24N2O4S/c1-5-26-20(25)22(4)16-8-6-15(7-9-16)21-19(24)11-10-18(23)17-12-13(2)27-14(17)3/h6-9,12H,5,10-11H2,1-4H3,(H,21,24). The largest absolute Gasteiger partial charge is 0.449 e. The first kappa shape index (κ1) is 20.6. The number of carbonyl (C=O) groups excluding carboxylic acids is 3. The molecular formula is C20H24N2O4S. The van der Waals surface area contributed by atoms with E-state index in [2.05, 4.69) is 5.32 Å². The van der Waals surface area contributed by atoms with E-state index >= 15 is 0 Å². The smallest absolute Gasteiger partial charge is 0.413 e. The van der Waals surface area contributed by atoms with Crippen LogP contribution < -0.4 is 10.2 Å². The normalized spacial score (nSPS) is 10.4. The molecule has 2 amide bonds. The molecule has 6 nitrogen and oxygen atoms in total. The first-order valence-electron chi connectivity index (χ1n) is 8.72. The number of nitrogens with one attached hydrogen (secondary N) is 1. The third-order valence-corrected chi connectivity index (χ3v) is 4.97. The SMILES string of the molecule is CCOC(=O)N(C)c1ccc(NC(=O)CCC(=O)c2cc(C)sc2C)cc1. The van der Waals surface area contributed by atoms with Crippen molar-refractivity contribution in [2.45, 2.75) is 33.6 Å². The van der Waals surface area contributed by atoms with Gasteiger partial charge in [0.15, 0.2) is 5.78 Å². The van der Waals surface area contributed by atoms with Crippen LogP contribution in [0.15, 0.2) is 30.3 Å². The molecule has 1 N–H and O–H groups in total. The van der Waals surface area contributed by atoms with Crippen LogP contribution in [0.1, 0.15) is 39.9 Å². The average molecular weight is 388 g/mol. The number of ether oxygens (including phenoxy) is 1. The van der Waals surface area contributed by atoms with E-state index in [0.717, 1.165) is 9.75 Å². The number of thiophene rings is 1. The number of hydrogen-bond donors (Lipinski definition) is 1. The monoisotopic (exact) mass is 388 g/mol. The van der Waals surface area contributed by atoms with Gasteiger partial charge in [-0.15, -0.1) is 11.3 Å². The van der Waals surface area contributed by atoms with Crippen molar-refractivity contribution >= 4 is 40.5 Å². The second-order valence-corrected chi connectivity index (χ2v) is 7.56. The maximum Gasteiger partial charge on any atom is 0.413 e. The van der Waals surface area contributed by atoms with E-state index in [9.17, 15) is 14.4 Å². The van der Waals surface area contributed by atoms with Crippen molar-refractivity contribution < 1.29 is 19.1 Å².